The van der Waals surface area contributed by atoms with Crippen LogP contribution in [0.5, 0.6) is 0 Å². The third-order valence-electron chi connectivity index (χ3n) is 0.678. The van der Waals surface area contributed by atoms with Crippen molar-refractivity contribution in [3.8, 4) is 0 Å². The summed E-state index contributed by atoms with van der Waals surface area (Å²) in [6.45, 7) is 0. The van der Waals surface area contributed by atoms with Crippen LogP contribution >= 0.6 is 11.6 Å². The van der Waals surface area contributed by atoms with Gasteiger partial charge in [0.1, 0.15) is 0 Å². The van der Waals surface area contributed by atoms with Crippen molar-refractivity contribution < 1.29 is 0 Å². The maximum absolute atomic E-state index is 5.52. The van der Waals surface area contributed by atoms with Gasteiger partial charge in [0, 0.05) is 5.02 Å². The van der Waals surface area contributed by atoms with E-state index in [2.05, 4.69) is 6.07 Å². The number of hydrogen-bond acceptors (Lipinski definition) is 0. The molecule has 0 atom stereocenters. The van der Waals surface area contributed by atoms with E-state index in [1.165, 1.54) is 0 Å². The minimum atomic E-state index is 0. The van der Waals surface area contributed by atoms with Gasteiger partial charge in [0.2, 0.25) is 0 Å². The molecule has 0 saturated heterocycles. The van der Waals surface area contributed by atoms with Gasteiger partial charge < -0.3 is 0 Å². The summed E-state index contributed by atoms with van der Waals surface area (Å²) >= 11 is 5.52. The molecule has 1 radical (unpaired) electrons. The van der Waals surface area contributed by atoms with Crippen molar-refractivity contribution >= 4 is 37.8 Å². The Bertz CT molecular complexity index is 138. The van der Waals surface area contributed by atoms with E-state index in [4.69, 9.17) is 11.6 Å². The van der Waals surface area contributed by atoms with Crippen molar-refractivity contribution in [3.05, 3.63) is 35.4 Å². The molecule has 0 aliphatic carbocycles. The van der Waals surface area contributed by atoms with Gasteiger partial charge >= 0.3 is 26.2 Å². The summed E-state index contributed by atoms with van der Waals surface area (Å²) in [4.78, 5) is 0. The minimum absolute atomic E-state index is 0. The van der Waals surface area contributed by atoms with Crippen LogP contribution in [0, 0.1) is 6.07 Å². The van der Waals surface area contributed by atoms with Crippen LogP contribution in [-0.4, -0.2) is 26.2 Å². The molecule has 0 aromatic heterocycles. The topological polar surface area (TPSA) is 0 Å². The third-order valence-corrected chi connectivity index (χ3v) is 0.930. The Morgan fingerprint density at radius 1 is 1.25 bits per heavy atom. The van der Waals surface area contributed by atoms with Crippen LogP contribution in [0.25, 0.3) is 0 Å². The van der Waals surface area contributed by atoms with E-state index in [9.17, 15) is 0 Å². The van der Waals surface area contributed by atoms with E-state index >= 15 is 0 Å². The molecule has 0 aliphatic rings. The van der Waals surface area contributed by atoms with Crippen LogP contribution in [0.4, 0.5) is 0 Å². The molecule has 0 saturated carbocycles. The molecule has 0 heterocycles. The van der Waals surface area contributed by atoms with Crippen LogP contribution in [-0.2, 0) is 0 Å². The van der Waals surface area contributed by atoms with Gasteiger partial charge in [0.25, 0.3) is 0 Å². The number of rotatable bonds is 0. The molecule has 0 spiro atoms. The third kappa shape index (κ3) is 2.64. The zero-order chi connectivity index (χ0) is 5.11. The predicted molar refractivity (Wildman–Crippen MR) is 40.2 cm³/mol. The van der Waals surface area contributed by atoms with Gasteiger partial charge in [-0.2, -0.15) is 0 Å². The van der Waals surface area contributed by atoms with Crippen molar-refractivity contribution in [2.45, 2.75) is 0 Å². The zero-order valence-corrected chi connectivity index (χ0v) is 10.6. The van der Waals surface area contributed by atoms with Crippen LogP contribution in [0.2, 0.25) is 5.02 Å². The van der Waals surface area contributed by atoms with Gasteiger partial charge in [0.05, 0.1) is 0 Å². The Kier molecular flexibility index (Phi) is 4.50. The number of halogens is 1. The van der Waals surface area contributed by atoms with E-state index in [0.29, 0.717) is 0 Å². The van der Waals surface area contributed by atoms with Gasteiger partial charge in [-0.05, 0) is 18.2 Å². The van der Waals surface area contributed by atoms with E-state index in [-0.39, 0.29) is 26.2 Å². The molecule has 0 unspecified atom stereocenters. The molecular weight excluding hydrogens is 316 g/mol. The van der Waals surface area contributed by atoms with Crippen molar-refractivity contribution in [1.29, 1.82) is 0 Å². The molecule has 0 N–H and O–H groups in total. The van der Waals surface area contributed by atoms with Gasteiger partial charge in [-0.1, -0.05) is 23.7 Å². The fourth-order valence-electron chi connectivity index (χ4n) is 0.367. The van der Waals surface area contributed by atoms with Crippen molar-refractivity contribution in [2.75, 3.05) is 0 Å². The molecular formula is C6H7BiCl. The first kappa shape index (κ1) is 8.39. The molecule has 2 heteroatoms. The molecule has 0 amide bonds. The first-order chi connectivity index (χ1) is 3.39. The van der Waals surface area contributed by atoms with E-state index in [1.807, 2.05) is 0 Å². The quantitative estimate of drug-likeness (QED) is 0.624. The first-order valence-corrected chi connectivity index (χ1v) is 2.39. The molecule has 1 aromatic carbocycles. The van der Waals surface area contributed by atoms with Gasteiger partial charge in [0.15, 0.2) is 0 Å². The van der Waals surface area contributed by atoms with Crippen molar-refractivity contribution in [1.82, 2.24) is 0 Å². The summed E-state index contributed by atoms with van der Waals surface area (Å²) < 4.78 is 0. The maximum atomic E-state index is 5.52. The zero-order valence-electron chi connectivity index (χ0n) is 4.39. The average Bonchev–Trinajstić information content (AvgIpc) is 1.69. The van der Waals surface area contributed by atoms with Crippen molar-refractivity contribution in [2.24, 2.45) is 0 Å². The molecule has 0 bridgehead atoms. The SMILES string of the molecule is Clc1cc[c]cc1.[BiH3]. The summed E-state index contributed by atoms with van der Waals surface area (Å²) in [7, 11) is 0. The Morgan fingerprint density at radius 2 is 1.75 bits per heavy atom. The first-order valence-electron chi connectivity index (χ1n) is 2.01. The van der Waals surface area contributed by atoms with Gasteiger partial charge in [-0.15, -0.1) is 0 Å². The Balaban J connectivity index is 0.000000490. The van der Waals surface area contributed by atoms with Crippen LogP contribution in [0.15, 0.2) is 24.3 Å². The second-order valence-corrected chi connectivity index (χ2v) is 1.65. The molecule has 0 fully saturated rings. The van der Waals surface area contributed by atoms with Crippen LogP contribution in [0.1, 0.15) is 0 Å². The normalized spacial score (nSPS) is 7.62. The predicted octanol–water partition coefficient (Wildman–Crippen LogP) is 0.956. The summed E-state index contributed by atoms with van der Waals surface area (Å²) in [6, 6.07) is 10.00. The number of hydrogen-bond donors (Lipinski definition) is 0. The molecule has 1 rings (SSSR count). The number of benzene rings is 1. The summed E-state index contributed by atoms with van der Waals surface area (Å²) in [6.07, 6.45) is 0. The Hall–Kier alpha value is 0.393. The van der Waals surface area contributed by atoms with E-state index < -0.39 is 0 Å². The Labute approximate surface area is 73.0 Å². The second-order valence-electron chi connectivity index (χ2n) is 1.22. The monoisotopic (exact) mass is 323 g/mol. The van der Waals surface area contributed by atoms with E-state index in [0.717, 1.165) is 5.02 Å². The van der Waals surface area contributed by atoms with Crippen LogP contribution < -0.4 is 0 Å². The van der Waals surface area contributed by atoms with Crippen LogP contribution in [0.3, 0.4) is 0 Å². The molecule has 0 aliphatic heterocycles. The van der Waals surface area contributed by atoms with Gasteiger partial charge in [-0.3, -0.25) is 0 Å². The second kappa shape index (κ2) is 4.29. The average molecular weight is 324 g/mol. The van der Waals surface area contributed by atoms with E-state index in [1.54, 1.807) is 24.3 Å². The molecule has 43 valence electrons. The molecule has 1 aromatic rings. The molecule has 8 heavy (non-hydrogen) atoms. The fourth-order valence-corrected chi connectivity index (χ4v) is 0.493. The standard InChI is InChI=1S/C6H4Cl.Bi.3H/c7-6-4-2-1-3-5-6;;;;/h2-5H;;;;. The Morgan fingerprint density at radius 3 is 2.00 bits per heavy atom. The molecule has 0 nitrogen and oxygen atoms in total. The summed E-state index contributed by atoms with van der Waals surface area (Å²) in [5, 5.41) is 0.763. The summed E-state index contributed by atoms with van der Waals surface area (Å²) in [5.41, 5.74) is 0. The van der Waals surface area contributed by atoms with Gasteiger partial charge in [-0.25, -0.2) is 0 Å². The van der Waals surface area contributed by atoms with Crippen molar-refractivity contribution in [3.63, 3.8) is 0 Å². The summed E-state index contributed by atoms with van der Waals surface area (Å²) in [5.74, 6) is 0. The fraction of sp³-hybridized carbons (Fsp3) is 0.